The first-order valence-electron chi connectivity index (χ1n) is 4.78. The summed E-state index contributed by atoms with van der Waals surface area (Å²) >= 11 is 1.86. The van der Waals surface area contributed by atoms with Crippen molar-refractivity contribution in [1.82, 2.24) is 5.32 Å². The van der Waals surface area contributed by atoms with Gasteiger partial charge in [-0.05, 0) is 18.6 Å². The summed E-state index contributed by atoms with van der Waals surface area (Å²) in [6.07, 6.45) is 1.59. The lowest BCUT2D eigenvalue weighted by Crippen LogP contribution is -2.48. The molecule has 1 aliphatic heterocycles. The lowest BCUT2D eigenvalue weighted by molar-refractivity contribution is 0.00888. The second-order valence-corrected chi connectivity index (χ2v) is 4.57. The molecular formula is C10H15NOS. The molecule has 0 aromatic carbocycles. The van der Waals surface area contributed by atoms with Crippen molar-refractivity contribution < 1.29 is 4.74 Å². The van der Waals surface area contributed by atoms with Crippen molar-refractivity contribution >= 4 is 11.3 Å². The largest absolute Gasteiger partial charge is 0.370 e. The minimum Gasteiger partial charge on any atom is -0.370 e. The Morgan fingerprint density at radius 3 is 2.77 bits per heavy atom. The standard InChI is InChI=1S/C10H15NOS/c1-2-9-3-4-10(13-9)7-12-8-5-11-6-8/h3-4,8,11H,2,5-7H2,1H3. The molecule has 0 unspecified atom stereocenters. The fourth-order valence-electron chi connectivity index (χ4n) is 1.27. The second-order valence-electron chi connectivity index (χ2n) is 3.31. The fraction of sp³-hybridized carbons (Fsp3) is 0.600. The Morgan fingerprint density at radius 2 is 2.23 bits per heavy atom. The zero-order valence-electron chi connectivity index (χ0n) is 7.88. The van der Waals surface area contributed by atoms with Crippen LogP contribution >= 0.6 is 11.3 Å². The Bertz CT molecular complexity index is 268. The van der Waals surface area contributed by atoms with Crippen LogP contribution in [-0.2, 0) is 17.8 Å². The van der Waals surface area contributed by atoms with Crippen LogP contribution in [0.5, 0.6) is 0 Å². The van der Waals surface area contributed by atoms with Crippen LogP contribution < -0.4 is 5.32 Å². The van der Waals surface area contributed by atoms with Crippen LogP contribution in [0.25, 0.3) is 0 Å². The zero-order valence-corrected chi connectivity index (χ0v) is 8.69. The van der Waals surface area contributed by atoms with Gasteiger partial charge in [-0.3, -0.25) is 0 Å². The van der Waals surface area contributed by atoms with Gasteiger partial charge in [0.1, 0.15) is 0 Å². The first-order chi connectivity index (χ1) is 6.38. The van der Waals surface area contributed by atoms with Crippen molar-refractivity contribution in [2.75, 3.05) is 13.1 Å². The average Bonchev–Trinajstić information content (AvgIpc) is 2.49. The maximum Gasteiger partial charge on any atom is 0.0828 e. The monoisotopic (exact) mass is 197 g/mol. The molecule has 0 aliphatic carbocycles. The van der Waals surface area contributed by atoms with Crippen LogP contribution in [0.1, 0.15) is 16.7 Å². The van der Waals surface area contributed by atoms with E-state index < -0.39 is 0 Å². The van der Waals surface area contributed by atoms with Crippen LogP contribution in [0.3, 0.4) is 0 Å². The van der Waals surface area contributed by atoms with Crippen molar-refractivity contribution in [3.8, 4) is 0 Å². The van der Waals surface area contributed by atoms with Gasteiger partial charge >= 0.3 is 0 Å². The molecule has 0 atom stereocenters. The summed E-state index contributed by atoms with van der Waals surface area (Å²) in [6, 6.07) is 4.37. The third-order valence-electron chi connectivity index (χ3n) is 2.27. The highest BCUT2D eigenvalue weighted by molar-refractivity contribution is 7.11. The topological polar surface area (TPSA) is 21.3 Å². The number of thiophene rings is 1. The minimum absolute atomic E-state index is 0.451. The van der Waals surface area contributed by atoms with E-state index in [-0.39, 0.29) is 0 Å². The Hall–Kier alpha value is -0.380. The normalized spacial score (nSPS) is 17.3. The molecule has 13 heavy (non-hydrogen) atoms. The second kappa shape index (κ2) is 4.22. The van der Waals surface area contributed by atoms with Crippen LogP contribution in [-0.4, -0.2) is 19.2 Å². The summed E-state index contributed by atoms with van der Waals surface area (Å²) in [5.74, 6) is 0. The molecule has 0 bridgehead atoms. The summed E-state index contributed by atoms with van der Waals surface area (Å²) in [5, 5.41) is 3.19. The molecule has 72 valence electrons. The van der Waals surface area contributed by atoms with Gasteiger partial charge in [-0.1, -0.05) is 6.92 Å². The zero-order chi connectivity index (χ0) is 9.10. The van der Waals surface area contributed by atoms with E-state index in [4.69, 9.17) is 4.74 Å². The Labute approximate surface area is 82.9 Å². The van der Waals surface area contributed by atoms with Gasteiger partial charge in [-0.25, -0.2) is 0 Å². The molecule has 2 rings (SSSR count). The molecule has 1 fully saturated rings. The maximum atomic E-state index is 5.67. The SMILES string of the molecule is CCc1ccc(COC2CNC2)s1. The molecule has 1 aromatic rings. The molecule has 2 heterocycles. The van der Waals surface area contributed by atoms with Gasteiger partial charge < -0.3 is 10.1 Å². The van der Waals surface area contributed by atoms with Crippen molar-refractivity contribution in [2.45, 2.75) is 26.1 Å². The fourth-order valence-corrected chi connectivity index (χ4v) is 2.15. The highest BCUT2D eigenvalue weighted by Crippen LogP contribution is 2.18. The van der Waals surface area contributed by atoms with E-state index in [0.29, 0.717) is 6.10 Å². The predicted molar refractivity (Wildman–Crippen MR) is 55.1 cm³/mol. The summed E-state index contributed by atoms with van der Waals surface area (Å²) in [5.41, 5.74) is 0. The van der Waals surface area contributed by atoms with Gasteiger partial charge in [-0.15, -0.1) is 11.3 Å². The van der Waals surface area contributed by atoms with E-state index in [1.807, 2.05) is 11.3 Å². The van der Waals surface area contributed by atoms with E-state index in [1.54, 1.807) is 0 Å². The van der Waals surface area contributed by atoms with Crippen LogP contribution in [0.15, 0.2) is 12.1 Å². The van der Waals surface area contributed by atoms with Crippen molar-refractivity contribution in [2.24, 2.45) is 0 Å². The number of ether oxygens (including phenoxy) is 1. The highest BCUT2D eigenvalue weighted by atomic mass is 32.1. The average molecular weight is 197 g/mol. The molecule has 0 saturated carbocycles. The van der Waals surface area contributed by atoms with Gasteiger partial charge in [0.05, 0.1) is 12.7 Å². The molecule has 0 amide bonds. The Kier molecular flexibility index (Phi) is 2.98. The lowest BCUT2D eigenvalue weighted by atomic mass is 10.2. The van der Waals surface area contributed by atoms with Crippen LogP contribution in [0, 0.1) is 0 Å². The summed E-state index contributed by atoms with van der Waals surface area (Å²) in [6.45, 7) is 5.02. The van der Waals surface area contributed by atoms with Gasteiger partial charge in [0, 0.05) is 22.8 Å². The highest BCUT2D eigenvalue weighted by Gasteiger charge is 2.16. The molecular weight excluding hydrogens is 182 g/mol. The predicted octanol–water partition coefficient (Wildman–Crippen LogP) is 1.80. The lowest BCUT2D eigenvalue weighted by Gasteiger charge is -2.26. The summed E-state index contributed by atoms with van der Waals surface area (Å²) < 4.78 is 5.67. The molecule has 1 aliphatic rings. The minimum atomic E-state index is 0.451. The van der Waals surface area contributed by atoms with Gasteiger partial charge in [0.15, 0.2) is 0 Å². The smallest absolute Gasteiger partial charge is 0.0828 e. The van der Waals surface area contributed by atoms with E-state index in [0.717, 1.165) is 26.1 Å². The van der Waals surface area contributed by atoms with Crippen LogP contribution in [0.4, 0.5) is 0 Å². The van der Waals surface area contributed by atoms with Gasteiger partial charge in [0.2, 0.25) is 0 Å². The van der Waals surface area contributed by atoms with E-state index in [9.17, 15) is 0 Å². The van der Waals surface area contributed by atoms with Crippen LogP contribution in [0.2, 0.25) is 0 Å². The number of aryl methyl sites for hydroxylation is 1. The Morgan fingerprint density at radius 1 is 1.46 bits per heavy atom. The number of hydrogen-bond acceptors (Lipinski definition) is 3. The Balaban J connectivity index is 1.79. The number of nitrogens with one attached hydrogen (secondary N) is 1. The molecule has 1 N–H and O–H groups in total. The third kappa shape index (κ3) is 2.30. The van der Waals surface area contributed by atoms with E-state index >= 15 is 0 Å². The third-order valence-corrected chi connectivity index (χ3v) is 3.47. The van der Waals surface area contributed by atoms with Crippen molar-refractivity contribution in [3.63, 3.8) is 0 Å². The molecule has 1 saturated heterocycles. The van der Waals surface area contributed by atoms with Gasteiger partial charge in [-0.2, -0.15) is 0 Å². The first kappa shape index (κ1) is 9.19. The molecule has 0 radical (unpaired) electrons. The molecule has 3 heteroatoms. The number of hydrogen-bond donors (Lipinski definition) is 1. The van der Waals surface area contributed by atoms with Crippen molar-refractivity contribution in [3.05, 3.63) is 21.9 Å². The first-order valence-corrected chi connectivity index (χ1v) is 5.60. The van der Waals surface area contributed by atoms with Gasteiger partial charge in [0.25, 0.3) is 0 Å². The van der Waals surface area contributed by atoms with E-state index in [2.05, 4.69) is 24.4 Å². The molecule has 0 spiro atoms. The maximum absolute atomic E-state index is 5.67. The quantitative estimate of drug-likeness (QED) is 0.794. The summed E-state index contributed by atoms with van der Waals surface area (Å²) in [7, 11) is 0. The molecule has 1 aromatic heterocycles. The van der Waals surface area contributed by atoms with E-state index in [1.165, 1.54) is 9.75 Å². The number of rotatable bonds is 4. The molecule has 2 nitrogen and oxygen atoms in total. The summed E-state index contributed by atoms with van der Waals surface area (Å²) in [4.78, 5) is 2.80. The van der Waals surface area contributed by atoms with Crippen molar-refractivity contribution in [1.29, 1.82) is 0 Å².